The van der Waals surface area contributed by atoms with Gasteiger partial charge in [-0.2, -0.15) is 0 Å². The van der Waals surface area contributed by atoms with Gasteiger partial charge >= 0.3 is 0 Å². The second-order valence-corrected chi connectivity index (χ2v) is 4.72. The molecule has 2 rings (SSSR count). The molecule has 0 bridgehead atoms. The molecule has 0 aliphatic carbocycles. The van der Waals surface area contributed by atoms with Crippen LogP contribution in [0.4, 0.5) is 8.78 Å². The summed E-state index contributed by atoms with van der Waals surface area (Å²) in [7, 11) is 0. The van der Waals surface area contributed by atoms with E-state index in [1.807, 2.05) is 0 Å². The molecule has 2 nitrogen and oxygen atoms in total. The van der Waals surface area contributed by atoms with Gasteiger partial charge in [0.15, 0.2) is 0 Å². The van der Waals surface area contributed by atoms with Crippen LogP contribution in [0.1, 0.15) is 24.8 Å². The molecule has 0 unspecified atom stereocenters. The van der Waals surface area contributed by atoms with Gasteiger partial charge in [0.05, 0.1) is 5.60 Å². The Morgan fingerprint density at radius 3 is 2.35 bits per heavy atom. The van der Waals surface area contributed by atoms with Gasteiger partial charge in [-0.05, 0) is 25.9 Å². The number of aliphatic hydroxyl groups is 1. The van der Waals surface area contributed by atoms with E-state index in [-0.39, 0.29) is 5.56 Å². The summed E-state index contributed by atoms with van der Waals surface area (Å²) in [6, 6.07) is 7.71. The maximum absolute atomic E-state index is 14.0. The monoisotopic (exact) mass is 241 g/mol. The molecular weight excluding hydrogens is 224 g/mol. The van der Waals surface area contributed by atoms with E-state index in [0.717, 1.165) is 0 Å². The summed E-state index contributed by atoms with van der Waals surface area (Å²) >= 11 is 0. The Labute approximate surface area is 99.7 Å². The van der Waals surface area contributed by atoms with E-state index < -0.39 is 17.9 Å². The summed E-state index contributed by atoms with van der Waals surface area (Å²) in [6.45, 7) is 1.20. The van der Waals surface area contributed by atoms with Crippen molar-refractivity contribution < 1.29 is 13.9 Å². The van der Waals surface area contributed by atoms with Gasteiger partial charge in [0.1, 0.15) is 0 Å². The van der Waals surface area contributed by atoms with Crippen molar-refractivity contribution >= 4 is 0 Å². The fourth-order valence-corrected chi connectivity index (χ4v) is 2.27. The SMILES string of the molecule is OC1(CC(F)(F)c2ccccc2)CCNCC1. The number of nitrogens with one attached hydrogen (secondary N) is 1. The Hall–Kier alpha value is -1.00. The van der Waals surface area contributed by atoms with E-state index in [1.54, 1.807) is 18.2 Å². The van der Waals surface area contributed by atoms with Crippen LogP contribution in [0, 0.1) is 0 Å². The average molecular weight is 241 g/mol. The molecule has 0 spiro atoms. The van der Waals surface area contributed by atoms with E-state index in [9.17, 15) is 13.9 Å². The summed E-state index contributed by atoms with van der Waals surface area (Å²) < 4.78 is 28.0. The standard InChI is InChI=1S/C13H17F2NO/c14-13(15,11-4-2-1-3-5-11)10-12(17)6-8-16-9-7-12/h1-5,16-17H,6-10H2. The van der Waals surface area contributed by atoms with Crippen molar-refractivity contribution in [2.24, 2.45) is 0 Å². The lowest BCUT2D eigenvalue weighted by Crippen LogP contribution is -2.44. The van der Waals surface area contributed by atoms with Crippen molar-refractivity contribution in [3.63, 3.8) is 0 Å². The Kier molecular flexibility index (Phi) is 3.45. The van der Waals surface area contributed by atoms with E-state index in [4.69, 9.17) is 0 Å². The molecule has 0 atom stereocenters. The van der Waals surface area contributed by atoms with Gasteiger partial charge < -0.3 is 10.4 Å². The molecule has 1 saturated heterocycles. The van der Waals surface area contributed by atoms with Crippen molar-refractivity contribution in [2.45, 2.75) is 30.8 Å². The number of alkyl halides is 2. The fraction of sp³-hybridized carbons (Fsp3) is 0.538. The molecule has 1 aromatic carbocycles. The van der Waals surface area contributed by atoms with Crippen LogP contribution in [-0.4, -0.2) is 23.8 Å². The minimum Gasteiger partial charge on any atom is -0.390 e. The molecule has 0 saturated carbocycles. The molecule has 1 aromatic rings. The van der Waals surface area contributed by atoms with Crippen molar-refractivity contribution in [3.05, 3.63) is 35.9 Å². The van der Waals surface area contributed by atoms with Gasteiger partial charge in [-0.15, -0.1) is 0 Å². The van der Waals surface area contributed by atoms with Gasteiger partial charge in [0, 0.05) is 12.0 Å². The Morgan fingerprint density at radius 2 is 1.76 bits per heavy atom. The molecule has 0 aromatic heterocycles. The Bertz CT molecular complexity index is 361. The zero-order chi connectivity index (χ0) is 12.4. The predicted octanol–water partition coefficient (Wildman–Crippen LogP) is 2.28. The van der Waals surface area contributed by atoms with Crippen LogP contribution in [0.2, 0.25) is 0 Å². The van der Waals surface area contributed by atoms with Gasteiger partial charge in [0.2, 0.25) is 0 Å². The predicted molar refractivity (Wildman–Crippen MR) is 62.0 cm³/mol. The summed E-state index contributed by atoms with van der Waals surface area (Å²) in [5.74, 6) is -2.96. The first-order valence-electron chi connectivity index (χ1n) is 5.88. The van der Waals surface area contributed by atoms with Crippen molar-refractivity contribution in [2.75, 3.05) is 13.1 Å². The van der Waals surface area contributed by atoms with Crippen LogP contribution >= 0.6 is 0 Å². The topological polar surface area (TPSA) is 32.3 Å². The van der Waals surface area contributed by atoms with Crippen LogP contribution in [0.15, 0.2) is 30.3 Å². The highest BCUT2D eigenvalue weighted by atomic mass is 19.3. The Balaban J connectivity index is 2.11. The maximum atomic E-state index is 14.0. The first kappa shape index (κ1) is 12.5. The van der Waals surface area contributed by atoms with Gasteiger partial charge in [0.25, 0.3) is 5.92 Å². The zero-order valence-corrected chi connectivity index (χ0v) is 9.63. The summed E-state index contributed by atoms with van der Waals surface area (Å²) in [5, 5.41) is 13.2. The fourth-order valence-electron chi connectivity index (χ4n) is 2.27. The molecule has 1 aliphatic rings. The molecule has 1 aliphatic heterocycles. The zero-order valence-electron chi connectivity index (χ0n) is 9.63. The van der Waals surface area contributed by atoms with Crippen molar-refractivity contribution in [1.82, 2.24) is 5.32 Å². The third kappa shape index (κ3) is 3.01. The number of halogens is 2. The second kappa shape index (κ2) is 4.70. The molecule has 2 N–H and O–H groups in total. The van der Waals surface area contributed by atoms with Gasteiger partial charge in [-0.25, -0.2) is 8.78 Å². The third-order valence-corrected chi connectivity index (χ3v) is 3.28. The number of hydrogen-bond donors (Lipinski definition) is 2. The van der Waals surface area contributed by atoms with E-state index in [2.05, 4.69) is 5.32 Å². The number of hydrogen-bond acceptors (Lipinski definition) is 2. The highest BCUT2D eigenvalue weighted by molar-refractivity contribution is 5.20. The second-order valence-electron chi connectivity index (χ2n) is 4.72. The number of rotatable bonds is 3. The van der Waals surface area contributed by atoms with Gasteiger partial charge in [-0.3, -0.25) is 0 Å². The first-order chi connectivity index (χ1) is 8.02. The summed E-state index contributed by atoms with van der Waals surface area (Å²) in [4.78, 5) is 0. The smallest absolute Gasteiger partial charge is 0.276 e. The molecular formula is C13H17F2NO. The van der Waals surface area contributed by atoms with E-state index in [1.165, 1.54) is 12.1 Å². The molecule has 4 heteroatoms. The van der Waals surface area contributed by atoms with Gasteiger partial charge in [-0.1, -0.05) is 30.3 Å². The largest absolute Gasteiger partial charge is 0.390 e. The van der Waals surface area contributed by atoms with Crippen LogP contribution in [-0.2, 0) is 5.92 Å². The average Bonchev–Trinajstić information content (AvgIpc) is 2.30. The minimum atomic E-state index is -2.96. The quantitative estimate of drug-likeness (QED) is 0.851. The highest BCUT2D eigenvalue weighted by Crippen LogP contribution is 2.39. The van der Waals surface area contributed by atoms with Crippen LogP contribution < -0.4 is 5.32 Å². The lowest BCUT2D eigenvalue weighted by atomic mass is 9.84. The lowest BCUT2D eigenvalue weighted by Gasteiger charge is -2.35. The van der Waals surface area contributed by atoms with Crippen LogP contribution in [0.25, 0.3) is 0 Å². The summed E-state index contributed by atoms with van der Waals surface area (Å²) in [5.41, 5.74) is -1.27. The molecule has 0 radical (unpaired) electrons. The summed E-state index contributed by atoms with van der Waals surface area (Å²) in [6.07, 6.45) is 0.274. The van der Waals surface area contributed by atoms with Crippen molar-refractivity contribution in [1.29, 1.82) is 0 Å². The van der Waals surface area contributed by atoms with E-state index in [0.29, 0.717) is 25.9 Å². The first-order valence-corrected chi connectivity index (χ1v) is 5.88. The molecule has 0 amide bonds. The third-order valence-electron chi connectivity index (χ3n) is 3.28. The molecule has 1 heterocycles. The number of piperidine rings is 1. The Morgan fingerprint density at radius 1 is 1.18 bits per heavy atom. The number of benzene rings is 1. The van der Waals surface area contributed by atoms with Crippen LogP contribution in [0.5, 0.6) is 0 Å². The lowest BCUT2D eigenvalue weighted by molar-refractivity contribution is -0.105. The van der Waals surface area contributed by atoms with Crippen molar-refractivity contribution in [3.8, 4) is 0 Å². The van der Waals surface area contributed by atoms with Crippen LogP contribution in [0.3, 0.4) is 0 Å². The van der Waals surface area contributed by atoms with E-state index >= 15 is 0 Å². The normalized spacial score (nSPS) is 20.2. The highest BCUT2D eigenvalue weighted by Gasteiger charge is 2.42. The minimum absolute atomic E-state index is 0.0213. The molecule has 94 valence electrons. The molecule has 1 fully saturated rings. The molecule has 17 heavy (non-hydrogen) atoms. The maximum Gasteiger partial charge on any atom is 0.276 e.